The number of nitrogens with one attached hydrogen (secondary N) is 2. The first kappa shape index (κ1) is 16.6. The van der Waals surface area contributed by atoms with Gasteiger partial charge in [-0.1, -0.05) is 12.1 Å². The second-order valence-electron chi connectivity index (χ2n) is 6.95. The summed E-state index contributed by atoms with van der Waals surface area (Å²) in [6.07, 6.45) is 3.54. The maximum atomic E-state index is 12.7. The van der Waals surface area contributed by atoms with Gasteiger partial charge in [0.15, 0.2) is 5.76 Å². The number of hydrogen-bond donors (Lipinski definition) is 2. The molecule has 2 N–H and O–H groups in total. The van der Waals surface area contributed by atoms with Gasteiger partial charge in [-0.25, -0.2) is 5.10 Å². The summed E-state index contributed by atoms with van der Waals surface area (Å²) in [7, 11) is 0. The largest absolute Gasteiger partial charge is 0.450 e. The Balaban J connectivity index is 1.58. The molecule has 3 heterocycles. The lowest BCUT2D eigenvalue weighted by molar-refractivity contribution is 0.0997. The van der Waals surface area contributed by atoms with Crippen LogP contribution >= 0.6 is 0 Å². The van der Waals surface area contributed by atoms with Gasteiger partial charge in [0.05, 0.1) is 0 Å². The molecule has 0 bridgehead atoms. The summed E-state index contributed by atoms with van der Waals surface area (Å²) in [4.78, 5) is 19.2. The van der Waals surface area contributed by atoms with E-state index >= 15 is 0 Å². The number of aryl methyl sites for hydroxylation is 3. The Kier molecular flexibility index (Phi) is 4.14. The second-order valence-corrected chi connectivity index (χ2v) is 6.95. The first-order chi connectivity index (χ1) is 12.5. The van der Waals surface area contributed by atoms with Crippen LogP contribution in [0.5, 0.6) is 0 Å². The summed E-state index contributed by atoms with van der Waals surface area (Å²) in [6.45, 7) is 7.81. The average Bonchev–Trinajstić information content (AvgIpc) is 3.24. The van der Waals surface area contributed by atoms with Crippen molar-refractivity contribution in [3.05, 3.63) is 34.6 Å². The van der Waals surface area contributed by atoms with Crippen LogP contribution in [0.1, 0.15) is 46.5 Å². The SMILES string of the molecule is Cc1ccc(C)c2c(C)c(C(=O)Nc3nc(N4CCCCC4)n[nH]3)oc12. The third-order valence-electron chi connectivity index (χ3n) is 5.03. The van der Waals surface area contributed by atoms with Crippen molar-refractivity contribution in [3.8, 4) is 0 Å². The Hall–Kier alpha value is -2.83. The van der Waals surface area contributed by atoms with Crippen LogP contribution in [0.2, 0.25) is 0 Å². The van der Waals surface area contributed by atoms with Gasteiger partial charge in [-0.2, -0.15) is 4.98 Å². The number of piperidine rings is 1. The number of nitrogens with zero attached hydrogens (tertiary/aromatic N) is 3. The quantitative estimate of drug-likeness (QED) is 0.749. The van der Waals surface area contributed by atoms with E-state index in [9.17, 15) is 4.79 Å². The van der Waals surface area contributed by atoms with Crippen LogP contribution in [-0.2, 0) is 0 Å². The number of carbonyl (C=O) groups excluding carboxylic acids is 1. The summed E-state index contributed by atoms with van der Waals surface area (Å²) in [5.41, 5.74) is 3.71. The minimum absolute atomic E-state index is 0.313. The number of amides is 1. The Labute approximate surface area is 151 Å². The first-order valence-electron chi connectivity index (χ1n) is 9.02. The normalized spacial score (nSPS) is 14.8. The smallest absolute Gasteiger partial charge is 0.294 e. The number of rotatable bonds is 3. The van der Waals surface area contributed by atoms with Crippen molar-refractivity contribution in [2.45, 2.75) is 40.0 Å². The van der Waals surface area contributed by atoms with Crippen LogP contribution in [0.25, 0.3) is 11.0 Å². The van der Waals surface area contributed by atoms with Gasteiger partial charge in [0, 0.05) is 24.0 Å². The lowest BCUT2D eigenvalue weighted by Crippen LogP contribution is -2.30. The highest BCUT2D eigenvalue weighted by molar-refractivity contribution is 6.06. The number of carbonyl (C=O) groups is 1. The molecule has 0 aliphatic carbocycles. The third-order valence-corrected chi connectivity index (χ3v) is 5.03. The standard InChI is InChI=1S/C19H23N5O2/c1-11-7-8-12(2)15-14(11)13(3)16(26-15)17(25)20-18-21-19(23-22-18)24-9-5-4-6-10-24/h7-8H,4-6,9-10H2,1-3H3,(H2,20,21,22,23,25). The van der Waals surface area contributed by atoms with E-state index in [1.807, 2.05) is 32.9 Å². The molecule has 136 valence electrons. The van der Waals surface area contributed by atoms with Crippen molar-refractivity contribution in [2.75, 3.05) is 23.3 Å². The van der Waals surface area contributed by atoms with Gasteiger partial charge in [0.25, 0.3) is 5.91 Å². The number of furan rings is 1. The highest BCUT2D eigenvalue weighted by atomic mass is 16.3. The zero-order valence-corrected chi connectivity index (χ0v) is 15.3. The number of hydrogen-bond acceptors (Lipinski definition) is 5. The number of H-pyrrole nitrogens is 1. The molecule has 1 aromatic carbocycles. The number of aromatic nitrogens is 3. The minimum Gasteiger partial charge on any atom is -0.450 e. The van der Waals surface area contributed by atoms with Gasteiger partial charge in [-0.05, 0) is 51.2 Å². The molecule has 0 spiro atoms. The molecule has 1 fully saturated rings. The minimum atomic E-state index is -0.321. The predicted molar refractivity (Wildman–Crippen MR) is 101 cm³/mol. The molecule has 0 radical (unpaired) electrons. The van der Waals surface area contributed by atoms with Crippen molar-refractivity contribution < 1.29 is 9.21 Å². The molecule has 3 aromatic rings. The van der Waals surface area contributed by atoms with Crippen molar-refractivity contribution in [1.82, 2.24) is 15.2 Å². The number of fused-ring (bicyclic) bond motifs is 1. The first-order valence-corrected chi connectivity index (χ1v) is 9.02. The summed E-state index contributed by atoms with van der Waals surface area (Å²) in [5.74, 6) is 0.962. The van der Waals surface area contributed by atoms with E-state index in [4.69, 9.17) is 4.42 Å². The monoisotopic (exact) mass is 353 g/mol. The van der Waals surface area contributed by atoms with E-state index in [1.165, 1.54) is 6.42 Å². The van der Waals surface area contributed by atoms with E-state index in [0.717, 1.165) is 53.6 Å². The second kappa shape index (κ2) is 6.48. The Bertz CT molecular complexity index is 966. The zero-order chi connectivity index (χ0) is 18.3. The summed E-state index contributed by atoms with van der Waals surface area (Å²) >= 11 is 0. The fourth-order valence-electron chi connectivity index (χ4n) is 3.60. The molecule has 4 rings (SSSR count). The Morgan fingerprint density at radius 1 is 1.15 bits per heavy atom. The van der Waals surface area contributed by atoms with Gasteiger partial charge in [0.2, 0.25) is 11.9 Å². The molecular formula is C19H23N5O2. The predicted octanol–water partition coefficient (Wildman–Crippen LogP) is 3.72. The maximum Gasteiger partial charge on any atom is 0.294 e. The van der Waals surface area contributed by atoms with Crippen molar-refractivity contribution >= 4 is 28.8 Å². The van der Waals surface area contributed by atoms with Crippen molar-refractivity contribution in [1.29, 1.82) is 0 Å². The summed E-state index contributed by atoms with van der Waals surface area (Å²) in [6, 6.07) is 4.05. The molecule has 7 heteroatoms. The molecule has 0 saturated carbocycles. The van der Waals surface area contributed by atoms with Gasteiger partial charge >= 0.3 is 0 Å². The van der Waals surface area contributed by atoms with E-state index in [-0.39, 0.29) is 5.91 Å². The summed E-state index contributed by atoms with van der Waals surface area (Å²) < 4.78 is 5.88. The third kappa shape index (κ3) is 2.83. The zero-order valence-electron chi connectivity index (χ0n) is 15.3. The fourth-order valence-corrected chi connectivity index (χ4v) is 3.60. The highest BCUT2D eigenvalue weighted by Crippen LogP contribution is 2.31. The van der Waals surface area contributed by atoms with Crippen LogP contribution in [0.15, 0.2) is 16.5 Å². The van der Waals surface area contributed by atoms with Crippen LogP contribution in [0.4, 0.5) is 11.9 Å². The Morgan fingerprint density at radius 2 is 1.88 bits per heavy atom. The number of anilines is 2. The van der Waals surface area contributed by atoms with Crippen molar-refractivity contribution in [2.24, 2.45) is 0 Å². The molecule has 1 aliphatic heterocycles. The number of aromatic amines is 1. The van der Waals surface area contributed by atoms with Gasteiger partial charge in [-0.15, -0.1) is 5.10 Å². The molecule has 1 aliphatic rings. The topological polar surface area (TPSA) is 87.0 Å². The molecular weight excluding hydrogens is 330 g/mol. The fraction of sp³-hybridized carbons (Fsp3) is 0.421. The van der Waals surface area contributed by atoms with E-state index in [1.54, 1.807) is 0 Å². The van der Waals surface area contributed by atoms with Crippen LogP contribution < -0.4 is 10.2 Å². The summed E-state index contributed by atoms with van der Waals surface area (Å²) in [5, 5.41) is 10.8. The van der Waals surface area contributed by atoms with Gasteiger partial charge in [0.1, 0.15) is 5.58 Å². The molecule has 26 heavy (non-hydrogen) atoms. The molecule has 0 unspecified atom stereocenters. The lowest BCUT2D eigenvalue weighted by Gasteiger charge is -2.24. The maximum absolute atomic E-state index is 12.7. The van der Waals surface area contributed by atoms with Crippen LogP contribution in [0, 0.1) is 20.8 Å². The number of benzene rings is 1. The van der Waals surface area contributed by atoms with Gasteiger partial charge < -0.3 is 9.32 Å². The molecule has 1 saturated heterocycles. The molecule has 2 aromatic heterocycles. The average molecular weight is 353 g/mol. The van der Waals surface area contributed by atoms with Crippen molar-refractivity contribution in [3.63, 3.8) is 0 Å². The van der Waals surface area contributed by atoms with E-state index < -0.39 is 0 Å². The molecule has 0 atom stereocenters. The van der Waals surface area contributed by atoms with E-state index in [2.05, 4.69) is 25.4 Å². The van der Waals surface area contributed by atoms with E-state index in [0.29, 0.717) is 17.7 Å². The van der Waals surface area contributed by atoms with Gasteiger partial charge in [-0.3, -0.25) is 10.1 Å². The highest BCUT2D eigenvalue weighted by Gasteiger charge is 2.22. The van der Waals surface area contributed by atoms with Crippen LogP contribution in [-0.4, -0.2) is 34.2 Å². The lowest BCUT2D eigenvalue weighted by atomic mass is 10.0. The molecule has 1 amide bonds. The molecule has 7 nitrogen and oxygen atoms in total. The van der Waals surface area contributed by atoms with Crippen LogP contribution in [0.3, 0.4) is 0 Å². The Morgan fingerprint density at radius 3 is 2.62 bits per heavy atom.